The van der Waals surface area contributed by atoms with Crippen molar-refractivity contribution in [3.05, 3.63) is 36.0 Å². The number of nitrogens with zero attached hydrogens (tertiary/aromatic N) is 3. The maximum Gasteiger partial charge on any atom is 0.260 e. The van der Waals surface area contributed by atoms with E-state index in [-0.39, 0.29) is 22.3 Å². The van der Waals surface area contributed by atoms with Gasteiger partial charge in [-0.05, 0) is 18.3 Å². The van der Waals surface area contributed by atoms with Crippen molar-refractivity contribution in [2.45, 2.75) is 0 Å². The van der Waals surface area contributed by atoms with Crippen LogP contribution in [0.3, 0.4) is 0 Å². The summed E-state index contributed by atoms with van der Waals surface area (Å²) in [4.78, 5) is 13.6. The summed E-state index contributed by atoms with van der Waals surface area (Å²) in [7, 11) is 0. The molecule has 110 valence electrons. The lowest BCUT2D eigenvalue weighted by Gasteiger charge is -1.96. The minimum absolute atomic E-state index is 0.0984. The fourth-order valence-electron chi connectivity index (χ4n) is 1.63. The first-order valence-corrected chi connectivity index (χ1v) is 6.35. The van der Waals surface area contributed by atoms with Crippen LogP contribution in [0.4, 0.5) is 5.69 Å². The Kier molecular flexibility index (Phi) is 4.45. The Bertz CT molecular complexity index is 846. The number of carbonyl (C=O) groups excluding carboxylic acids is 1. The van der Waals surface area contributed by atoms with Gasteiger partial charge in [0.25, 0.3) is 5.91 Å². The molecule has 0 saturated carbocycles. The van der Waals surface area contributed by atoms with E-state index in [0.717, 1.165) is 6.20 Å². The molecule has 0 bridgehead atoms. The Balaban J connectivity index is 2.17. The van der Waals surface area contributed by atoms with E-state index in [1.165, 1.54) is 0 Å². The summed E-state index contributed by atoms with van der Waals surface area (Å²) in [6, 6.07) is 8.75. The third-order valence-electron chi connectivity index (χ3n) is 2.63. The number of para-hydroxylation sites is 1. The molecule has 0 aliphatic rings. The number of primary amides is 1. The van der Waals surface area contributed by atoms with Crippen molar-refractivity contribution in [3.63, 3.8) is 0 Å². The highest BCUT2D eigenvalue weighted by Gasteiger charge is 2.09. The molecule has 1 amide bonds. The Hall–Kier alpha value is -3.25. The summed E-state index contributed by atoms with van der Waals surface area (Å²) < 4.78 is 0. The fourth-order valence-corrected chi connectivity index (χ4v) is 1.73. The third-order valence-corrected chi connectivity index (χ3v) is 2.83. The van der Waals surface area contributed by atoms with Gasteiger partial charge in [-0.1, -0.05) is 18.2 Å². The number of nitrogens with two attached hydrogens (primary N) is 1. The number of hydrogen-bond donors (Lipinski definition) is 4. The second-order valence-electron chi connectivity index (χ2n) is 4.05. The van der Waals surface area contributed by atoms with E-state index >= 15 is 0 Å². The molecule has 5 N–H and O–H groups in total. The van der Waals surface area contributed by atoms with Crippen molar-refractivity contribution >= 4 is 39.8 Å². The van der Waals surface area contributed by atoms with E-state index in [1.54, 1.807) is 24.3 Å². The number of aromatic nitrogens is 1. The zero-order chi connectivity index (χ0) is 16.1. The monoisotopic (exact) mass is 314 g/mol. The standard InChI is InChI=1S/C13H10N6O2S/c14-5-7(11(15)20)6-16-13(22)19-18-10-8-3-1-2-4-9(8)17-12(10)21/h1-4,6,17,21H,(H2,15,20)(H,16,22)/b7-6-,19-18?. The van der Waals surface area contributed by atoms with Gasteiger partial charge in [0, 0.05) is 11.6 Å². The molecular weight excluding hydrogens is 304 g/mol. The molecule has 2 aromatic rings. The van der Waals surface area contributed by atoms with Gasteiger partial charge in [-0.25, -0.2) is 0 Å². The fraction of sp³-hybridized carbons (Fsp3) is 0. The summed E-state index contributed by atoms with van der Waals surface area (Å²) in [5.41, 5.74) is 5.60. The molecule has 0 aliphatic carbocycles. The SMILES string of the molecule is N#C/C(=C/NC(=S)N=Nc1c(O)[nH]c2ccccc12)C(N)=O. The lowest BCUT2D eigenvalue weighted by Crippen LogP contribution is -2.18. The number of nitriles is 1. The molecule has 0 fully saturated rings. The Morgan fingerprint density at radius 1 is 1.50 bits per heavy atom. The van der Waals surface area contributed by atoms with E-state index in [9.17, 15) is 9.90 Å². The molecule has 2 rings (SSSR count). The van der Waals surface area contributed by atoms with E-state index in [0.29, 0.717) is 10.9 Å². The molecule has 0 saturated heterocycles. The van der Waals surface area contributed by atoms with Crippen LogP contribution in [0.5, 0.6) is 5.88 Å². The van der Waals surface area contributed by atoms with Crippen LogP contribution in [0.2, 0.25) is 0 Å². The van der Waals surface area contributed by atoms with Crippen LogP contribution in [-0.2, 0) is 4.79 Å². The number of fused-ring (bicyclic) bond motifs is 1. The minimum atomic E-state index is -0.885. The predicted octanol–water partition coefficient (Wildman–Crippen LogP) is 1.72. The molecule has 0 spiro atoms. The molecular formula is C13H10N6O2S. The van der Waals surface area contributed by atoms with Crippen molar-refractivity contribution < 1.29 is 9.90 Å². The quantitative estimate of drug-likeness (QED) is 0.295. The summed E-state index contributed by atoms with van der Waals surface area (Å²) in [5.74, 6) is -1.03. The molecule has 1 aromatic heterocycles. The lowest BCUT2D eigenvalue weighted by atomic mass is 10.2. The van der Waals surface area contributed by atoms with Crippen molar-refractivity contribution in [2.24, 2.45) is 16.0 Å². The van der Waals surface area contributed by atoms with Crippen molar-refractivity contribution in [1.82, 2.24) is 10.3 Å². The van der Waals surface area contributed by atoms with Gasteiger partial charge in [0.15, 0.2) is 5.69 Å². The number of benzene rings is 1. The number of thiocarbonyl (C=S) groups is 1. The van der Waals surface area contributed by atoms with Crippen molar-refractivity contribution in [3.8, 4) is 11.9 Å². The highest BCUT2D eigenvalue weighted by molar-refractivity contribution is 7.80. The van der Waals surface area contributed by atoms with Gasteiger partial charge in [0.2, 0.25) is 11.0 Å². The molecule has 0 aliphatic heterocycles. The normalized spacial score (nSPS) is 11.5. The largest absolute Gasteiger partial charge is 0.493 e. The van der Waals surface area contributed by atoms with Crippen molar-refractivity contribution in [1.29, 1.82) is 5.26 Å². The maximum absolute atomic E-state index is 10.8. The Morgan fingerprint density at radius 3 is 2.91 bits per heavy atom. The first kappa shape index (κ1) is 15.1. The molecule has 1 aromatic carbocycles. The molecule has 0 unspecified atom stereocenters. The second kappa shape index (κ2) is 6.47. The van der Waals surface area contributed by atoms with E-state index in [2.05, 4.69) is 20.5 Å². The first-order valence-electron chi connectivity index (χ1n) is 5.95. The van der Waals surface area contributed by atoms with Gasteiger partial charge in [0.1, 0.15) is 11.6 Å². The minimum Gasteiger partial charge on any atom is -0.493 e. The summed E-state index contributed by atoms with van der Waals surface area (Å²) in [6.07, 6.45) is 1.04. The van der Waals surface area contributed by atoms with Gasteiger partial charge >= 0.3 is 0 Å². The summed E-state index contributed by atoms with van der Waals surface area (Å²) >= 11 is 4.88. The summed E-state index contributed by atoms with van der Waals surface area (Å²) in [5, 5.41) is 29.0. The first-order chi connectivity index (χ1) is 10.5. The van der Waals surface area contributed by atoms with Gasteiger partial charge < -0.3 is 21.1 Å². The number of nitrogens with one attached hydrogen (secondary N) is 2. The number of carbonyl (C=O) groups is 1. The molecule has 1 heterocycles. The Morgan fingerprint density at radius 2 is 2.23 bits per heavy atom. The number of aromatic hydroxyl groups is 1. The van der Waals surface area contributed by atoms with E-state index in [1.807, 2.05) is 6.07 Å². The molecule has 9 heteroatoms. The number of hydrogen-bond acceptors (Lipinski definition) is 5. The van der Waals surface area contributed by atoms with Gasteiger partial charge in [0.05, 0.1) is 5.52 Å². The molecule has 8 nitrogen and oxygen atoms in total. The maximum atomic E-state index is 10.8. The number of H-pyrrole nitrogens is 1. The lowest BCUT2D eigenvalue weighted by molar-refractivity contribution is -0.114. The molecule has 0 radical (unpaired) electrons. The van der Waals surface area contributed by atoms with Gasteiger partial charge in [-0.3, -0.25) is 4.79 Å². The zero-order valence-electron chi connectivity index (χ0n) is 11.1. The van der Waals surface area contributed by atoms with Gasteiger partial charge in [-0.2, -0.15) is 5.26 Å². The topological polar surface area (TPSA) is 140 Å². The highest BCUT2D eigenvalue weighted by atomic mass is 32.1. The van der Waals surface area contributed by atoms with E-state index < -0.39 is 5.91 Å². The van der Waals surface area contributed by atoms with Gasteiger partial charge in [-0.15, -0.1) is 10.2 Å². The second-order valence-corrected chi connectivity index (χ2v) is 4.44. The average Bonchev–Trinajstić information content (AvgIpc) is 2.80. The predicted molar refractivity (Wildman–Crippen MR) is 83.1 cm³/mol. The number of amides is 1. The van der Waals surface area contributed by atoms with Crippen molar-refractivity contribution in [2.75, 3.05) is 0 Å². The summed E-state index contributed by atoms with van der Waals surface area (Å²) in [6.45, 7) is 0. The number of rotatable bonds is 3. The van der Waals surface area contributed by atoms with Crippen LogP contribution >= 0.6 is 12.2 Å². The zero-order valence-corrected chi connectivity index (χ0v) is 11.9. The van der Waals surface area contributed by atoms with Crippen LogP contribution in [0, 0.1) is 11.3 Å². The van der Waals surface area contributed by atoms with E-state index in [4.69, 9.17) is 23.2 Å². The smallest absolute Gasteiger partial charge is 0.260 e. The number of azo groups is 1. The molecule has 0 atom stereocenters. The highest BCUT2D eigenvalue weighted by Crippen LogP contribution is 2.35. The average molecular weight is 314 g/mol. The van der Waals surface area contributed by atoms with Crippen LogP contribution in [0.1, 0.15) is 0 Å². The molecule has 22 heavy (non-hydrogen) atoms. The third kappa shape index (κ3) is 3.25. The van der Waals surface area contributed by atoms with Crippen LogP contribution in [-0.4, -0.2) is 21.1 Å². The van der Waals surface area contributed by atoms with Crippen LogP contribution < -0.4 is 11.1 Å². The number of aromatic amines is 1. The van der Waals surface area contributed by atoms with Crippen LogP contribution in [0.25, 0.3) is 10.9 Å². The van der Waals surface area contributed by atoms with Crippen LogP contribution in [0.15, 0.2) is 46.3 Å². The Labute approximate surface area is 130 Å².